The van der Waals surface area contributed by atoms with E-state index >= 15 is 0 Å². The van der Waals surface area contributed by atoms with Gasteiger partial charge in [0.1, 0.15) is 5.82 Å². The Morgan fingerprint density at radius 1 is 1.22 bits per heavy atom. The summed E-state index contributed by atoms with van der Waals surface area (Å²) in [5, 5.41) is 5.10. The fourth-order valence-electron chi connectivity index (χ4n) is 3.59. The van der Waals surface area contributed by atoms with Crippen molar-refractivity contribution in [3.63, 3.8) is 0 Å². The maximum Gasteiger partial charge on any atom is 0.251 e. The van der Waals surface area contributed by atoms with E-state index in [-0.39, 0.29) is 12.1 Å². The van der Waals surface area contributed by atoms with E-state index in [1.54, 1.807) is 6.20 Å². The standard InChI is InChI=1S/C20H21ClN4OS/c21-12-7-5-11(6-8-12)17-9-13-18(27-17)14(19(23)26)10-24-20(13)25-16-4-2-1-3-15(16)22/h5-10,15-16H,1-4,22H2,(H2,23,26)(H,24,25)/t15-,16-/m1/s1. The van der Waals surface area contributed by atoms with Crippen molar-refractivity contribution in [3.05, 3.63) is 47.1 Å². The molecule has 3 aromatic rings. The fourth-order valence-corrected chi connectivity index (χ4v) is 4.89. The highest BCUT2D eigenvalue weighted by Crippen LogP contribution is 2.39. The minimum absolute atomic E-state index is 0.112. The fraction of sp³-hybridized carbons (Fsp3) is 0.300. The average Bonchev–Trinajstić information content (AvgIpc) is 3.09. The van der Waals surface area contributed by atoms with E-state index in [4.69, 9.17) is 23.1 Å². The van der Waals surface area contributed by atoms with E-state index in [0.717, 1.165) is 45.6 Å². The summed E-state index contributed by atoms with van der Waals surface area (Å²) in [6.45, 7) is 0. The Labute approximate surface area is 166 Å². The van der Waals surface area contributed by atoms with Gasteiger partial charge in [-0.2, -0.15) is 0 Å². The number of aromatic nitrogens is 1. The molecule has 0 radical (unpaired) electrons. The number of rotatable bonds is 4. The van der Waals surface area contributed by atoms with E-state index in [0.29, 0.717) is 10.6 Å². The summed E-state index contributed by atoms with van der Waals surface area (Å²) in [6.07, 6.45) is 5.93. The number of carbonyl (C=O) groups is 1. The predicted octanol–water partition coefficient (Wildman–Crippen LogP) is 4.40. The second-order valence-electron chi connectivity index (χ2n) is 6.94. The largest absolute Gasteiger partial charge is 0.366 e. The lowest BCUT2D eigenvalue weighted by Gasteiger charge is -2.30. The number of hydrogen-bond donors (Lipinski definition) is 3. The van der Waals surface area contributed by atoms with Crippen LogP contribution >= 0.6 is 22.9 Å². The molecule has 0 saturated heterocycles. The summed E-state index contributed by atoms with van der Waals surface area (Å²) in [4.78, 5) is 17.4. The molecule has 1 saturated carbocycles. The number of fused-ring (bicyclic) bond motifs is 1. The minimum Gasteiger partial charge on any atom is -0.366 e. The summed E-state index contributed by atoms with van der Waals surface area (Å²) in [5.74, 6) is 0.284. The molecule has 1 aromatic carbocycles. The van der Waals surface area contributed by atoms with Crippen LogP contribution in [0.2, 0.25) is 5.02 Å². The van der Waals surface area contributed by atoms with Gasteiger partial charge in [0, 0.05) is 33.6 Å². The number of hydrogen-bond acceptors (Lipinski definition) is 5. The molecular weight excluding hydrogens is 380 g/mol. The number of anilines is 1. The molecule has 1 aliphatic carbocycles. The zero-order valence-electron chi connectivity index (χ0n) is 14.7. The highest BCUT2D eigenvalue weighted by atomic mass is 35.5. The third kappa shape index (κ3) is 3.65. The molecule has 0 bridgehead atoms. The SMILES string of the molecule is NC(=O)c1cnc(N[C@@H]2CCCC[C@H]2N)c2cc(-c3ccc(Cl)cc3)sc12. The molecule has 7 heteroatoms. The Kier molecular flexibility index (Phi) is 5.04. The lowest BCUT2D eigenvalue weighted by molar-refractivity contribution is 0.100. The molecule has 5 N–H and O–H groups in total. The van der Waals surface area contributed by atoms with Gasteiger partial charge < -0.3 is 16.8 Å². The van der Waals surface area contributed by atoms with Crippen molar-refractivity contribution >= 4 is 44.7 Å². The first kappa shape index (κ1) is 18.2. The molecule has 1 amide bonds. The van der Waals surface area contributed by atoms with Crippen LogP contribution in [0.1, 0.15) is 36.0 Å². The van der Waals surface area contributed by atoms with Gasteiger partial charge in [-0.3, -0.25) is 4.79 Å². The highest BCUT2D eigenvalue weighted by Gasteiger charge is 2.24. The topological polar surface area (TPSA) is 94.0 Å². The van der Waals surface area contributed by atoms with E-state index < -0.39 is 5.91 Å². The van der Waals surface area contributed by atoms with Gasteiger partial charge >= 0.3 is 0 Å². The minimum atomic E-state index is -0.474. The first-order valence-electron chi connectivity index (χ1n) is 9.03. The Morgan fingerprint density at radius 3 is 2.67 bits per heavy atom. The van der Waals surface area contributed by atoms with Crippen molar-refractivity contribution in [2.75, 3.05) is 5.32 Å². The summed E-state index contributed by atoms with van der Waals surface area (Å²) >= 11 is 7.54. The summed E-state index contributed by atoms with van der Waals surface area (Å²) in [6, 6.07) is 10.00. The summed E-state index contributed by atoms with van der Waals surface area (Å²) in [7, 11) is 0. The van der Waals surface area contributed by atoms with E-state index in [2.05, 4.69) is 16.4 Å². The molecule has 0 aliphatic heterocycles. The lowest BCUT2D eigenvalue weighted by atomic mass is 9.91. The van der Waals surface area contributed by atoms with Crippen LogP contribution in [0.4, 0.5) is 5.82 Å². The average molecular weight is 401 g/mol. The Hall–Kier alpha value is -2.15. The Morgan fingerprint density at radius 2 is 1.96 bits per heavy atom. The number of nitrogens with one attached hydrogen (secondary N) is 1. The second kappa shape index (κ2) is 7.46. The number of nitrogens with zero attached hydrogens (tertiary/aromatic N) is 1. The zero-order chi connectivity index (χ0) is 19.0. The van der Waals surface area contributed by atoms with E-state index in [1.807, 2.05) is 24.3 Å². The smallest absolute Gasteiger partial charge is 0.251 e. The van der Waals surface area contributed by atoms with Crippen LogP contribution in [0.5, 0.6) is 0 Å². The molecule has 1 fully saturated rings. The number of primary amides is 1. The van der Waals surface area contributed by atoms with Gasteiger partial charge in [0.2, 0.25) is 0 Å². The normalized spacial score (nSPS) is 19.9. The number of benzene rings is 1. The van der Waals surface area contributed by atoms with Gasteiger partial charge in [-0.25, -0.2) is 4.98 Å². The van der Waals surface area contributed by atoms with Crippen molar-refractivity contribution in [2.45, 2.75) is 37.8 Å². The molecule has 2 atom stereocenters. The lowest BCUT2D eigenvalue weighted by Crippen LogP contribution is -2.42. The molecule has 1 aliphatic rings. The third-order valence-corrected chi connectivity index (χ3v) is 6.56. The van der Waals surface area contributed by atoms with Gasteiger partial charge in [0.15, 0.2) is 0 Å². The highest BCUT2D eigenvalue weighted by molar-refractivity contribution is 7.22. The molecule has 27 heavy (non-hydrogen) atoms. The zero-order valence-corrected chi connectivity index (χ0v) is 16.3. The summed E-state index contributed by atoms with van der Waals surface area (Å²) in [5.41, 5.74) is 13.3. The van der Waals surface area contributed by atoms with E-state index in [1.165, 1.54) is 17.8 Å². The van der Waals surface area contributed by atoms with Crippen molar-refractivity contribution in [3.8, 4) is 10.4 Å². The van der Waals surface area contributed by atoms with Gasteiger partial charge in [-0.05, 0) is 36.6 Å². The molecule has 5 nitrogen and oxygen atoms in total. The molecule has 140 valence electrons. The molecule has 0 unspecified atom stereocenters. The van der Waals surface area contributed by atoms with Crippen LogP contribution in [0, 0.1) is 0 Å². The van der Waals surface area contributed by atoms with Crippen LogP contribution in [0.25, 0.3) is 20.5 Å². The number of nitrogens with two attached hydrogens (primary N) is 2. The predicted molar refractivity (Wildman–Crippen MR) is 112 cm³/mol. The first-order chi connectivity index (χ1) is 13.0. The van der Waals surface area contributed by atoms with Gasteiger partial charge in [-0.1, -0.05) is 36.6 Å². The maximum absolute atomic E-state index is 11.9. The molecule has 0 spiro atoms. The number of carbonyl (C=O) groups excluding carboxylic acids is 1. The quantitative estimate of drug-likeness (QED) is 0.605. The summed E-state index contributed by atoms with van der Waals surface area (Å²) < 4.78 is 0.842. The molecule has 4 rings (SSSR count). The van der Waals surface area contributed by atoms with Crippen LogP contribution in [0.3, 0.4) is 0 Å². The first-order valence-corrected chi connectivity index (χ1v) is 10.2. The van der Waals surface area contributed by atoms with E-state index in [9.17, 15) is 4.79 Å². The van der Waals surface area contributed by atoms with Crippen molar-refractivity contribution < 1.29 is 4.79 Å². The van der Waals surface area contributed by atoms with Gasteiger partial charge in [-0.15, -0.1) is 11.3 Å². The maximum atomic E-state index is 11.9. The number of thiophene rings is 1. The van der Waals surface area contributed by atoms with Gasteiger partial charge in [0.25, 0.3) is 5.91 Å². The van der Waals surface area contributed by atoms with Crippen molar-refractivity contribution in [1.29, 1.82) is 0 Å². The monoisotopic (exact) mass is 400 g/mol. The Balaban J connectivity index is 1.79. The van der Waals surface area contributed by atoms with Crippen molar-refractivity contribution in [2.24, 2.45) is 11.5 Å². The Bertz CT molecular complexity index is 986. The number of pyridine rings is 1. The van der Waals surface area contributed by atoms with Crippen LogP contribution in [-0.4, -0.2) is 23.0 Å². The molecule has 2 heterocycles. The van der Waals surface area contributed by atoms with Crippen LogP contribution < -0.4 is 16.8 Å². The number of halogens is 1. The molecule has 2 aromatic heterocycles. The van der Waals surface area contributed by atoms with Crippen LogP contribution in [-0.2, 0) is 0 Å². The number of amides is 1. The third-order valence-electron chi connectivity index (χ3n) is 5.09. The van der Waals surface area contributed by atoms with Gasteiger partial charge in [0.05, 0.1) is 10.3 Å². The molecular formula is C20H21ClN4OS. The second-order valence-corrected chi connectivity index (χ2v) is 8.43. The van der Waals surface area contributed by atoms with Crippen LogP contribution in [0.15, 0.2) is 36.5 Å². The van der Waals surface area contributed by atoms with Crippen molar-refractivity contribution in [1.82, 2.24) is 4.98 Å².